The summed E-state index contributed by atoms with van der Waals surface area (Å²) in [7, 11) is -1.89. The van der Waals surface area contributed by atoms with Crippen molar-refractivity contribution in [2.75, 3.05) is 19.7 Å². The van der Waals surface area contributed by atoms with Crippen molar-refractivity contribution >= 4 is 21.1 Å². The molecule has 0 aliphatic carbocycles. The Morgan fingerprint density at radius 1 is 1.28 bits per heavy atom. The number of aromatic nitrogens is 4. The van der Waals surface area contributed by atoms with Crippen molar-refractivity contribution in [3.63, 3.8) is 0 Å². The zero-order chi connectivity index (χ0) is 17.6. The molecule has 4 rings (SSSR count). The highest BCUT2D eigenvalue weighted by Gasteiger charge is 2.32. The van der Waals surface area contributed by atoms with Gasteiger partial charge in [-0.2, -0.15) is 9.40 Å². The Hall–Kier alpha value is -2.43. The number of hydrogen-bond donors (Lipinski definition) is 2. The Balaban J connectivity index is 1.64. The summed E-state index contributed by atoms with van der Waals surface area (Å²) in [5.74, 6) is 0. The fourth-order valence-corrected chi connectivity index (χ4v) is 4.42. The van der Waals surface area contributed by atoms with Crippen LogP contribution in [0.3, 0.4) is 0 Å². The maximum atomic E-state index is 13.0. The zero-order valence-corrected chi connectivity index (χ0v) is 14.3. The summed E-state index contributed by atoms with van der Waals surface area (Å²) in [6.45, 7) is 0.804. The lowest BCUT2D eigenvalue weighted by Gasteiger charge is -2.31. The first-order valence-electron chi connectivity index (χ1n) is 7.76. The number of H-pyrrole nitrogens is 2. The van der Waals surface area contributed by atoms with Crippen LogP contribution in [0.2, 0.25) is 0 Å². The quantitative estimate of drug-likeness (QED) is 0.697. The molecule has 0 saturated carbocycles. The van der Waals surface area contributed by atoms with Gasteiger partial charge in [0.25, 0.3) is 0 Å². The van der Waals surface area contributed by atoms with Gasteiger partial charge in [-0.3, -0.25) is 4.68 Å². The molecule has 25 heavy (non-hydrogen) atoms. The van der Waals surface area contributed by atoms with Crippen LogP contribution in [0.25, 0.3) is 11.0 Å². The standard InChI is InChI=1S/C15H17N5O4S/c1-19-8-10(7-16-19)14-9-20(4-5-24-14)25(22,23)11-2-3-12-13(6-11)18-15(21)17-12/h2-3,6-8,14H,4-5,9H2,1H3,(H2,17,18,21)/t14-/m1/s1. The van der Waals surface area contributed by atoms with E-state index < -0.39 is 10.0 Å². The van der Waals surface area contributed by atoms with Gasteiger partial charge in [-0.1, -0.05) is 0 Å². The predicted octanol–water partition coefficient (Wildman–Crippen LogP) is 0.352. The maximum Gasteiger partial charge on any atom is 0.323 e. The summed E-state index contributed by atoms with van der Waals surface area (Å²) >= 11 is 0. The van der Waals surface area contributed by atoms with Gasteiger partial charge in [-0.15, -0.1) is 0 Å². The lowest BCUT2D eigenvalue weighted by Crippen LogP contribution is -2.42. The second-order valence-electron chi connectivity index (χ2n) is 5.96. The molecular formula is C15H17N5O4S. The smallest absolute Gasteiger partial charge is 0.323 e. The highest BCUT2D eigenvalue weighted by molar-refractivity contribution is 7.89. The third-order valence-electron chi connectivity index (χ3n) is 4.25. The van der Waals surface area contributed by atoms with Gasteiger partial charge in [0.1, 0.15) is 0 Å². The number of sulfonamides is 1. The Morgan fingerprint density at radius 2 is 2.08 bits per heavy atom. The third-order valence-corrected chi connectivity index (χ3v) is 6.11. The average molecular weight is 363 g/mol. The highest BCUT2D eigenvalue weighted by atomic mass is 32.2. The number of fused-ring (bicyclic) bond motifs is 1. The fourth-order valence-electron chi connectivity index (χ4n) is 2.97. The molecule has 0 bridgehead atoms. The number of aryl methyl sites for hydroxylation is 1. The first-order valence-corrected chi connectivity index (χ1v) is 9.20. The van der Waals surface area contributed by atoms with E-state index in [0.717, 1.165) is 5.56 Å². The molecule has 3 heterocycles. The summed E-state index contributed by atoms with van der Waals surface area (Å²) in [6, 6.07) is 4.55. The number of hydrogen-bond acceptors (Lipinski definition) is 5. The van der Waals surface area contributed by atoms with Gasteiger partial charge in [0.15, 0.2) is 0 Å². The minimum absolute atomic E-state index is 0.141. The molecule has 132 valence electrons. The highest BCUT2D eigenvalue weighted by Crippen LogP contribution is 2.27. The molecule has 1 aliphatic rings. The van der Waals surface area contributed by atoms with E-state index >= 15 is 0 Å². The van der Waals surface area contributed by atoms with Gasteiger partial charge in [-0.25, -0.2) is 13.2 Å². The Bertz CT molecular complexity index is 1080. The Labute approximate surface area is 143 Å². The molecule has 0 unspecified atom stereocenters. The number of nitrogens with zero attached hydrogens (tertiary/aromatic N) is 3. The van der Waals surface area contributed by atoms with Crippen LogP contribution in [0.4, 0.5) is 0 Å². The number of rotatable bonds is 3. The number of aromatic amines is 2. The van der Waals surface area contributed by atoms with Crippen LogP contribution >= 0.6 is 0 Å². The van der Waals surface area contributed by atoms with Crippen LogP contribution in [-0.4, -0.2) is 52.2 Å². The van der Waals surface area contributed by atoms with Gasteiger partial charge >= 0.3 is 5.69 Å². The molecule has 10 heteroatoms. The molecule has 0 radical (unpaired) electrons. The van der Waals surface area contributed by atoms with Crippen LogP contribution in [0.1, 0.15) is 11.7 Å². The first-order chi connectivity index (χ1) is 11.9. The SMILES string of the molecule is Cn1cc([C@H]2CN(S(=O)(=O)c3ccc4[nH]c(=O)[nH]c4c3)CCO2)cn1. The van der Waals surface area contributed by atoms with Crippen LogP contribution in [0.15, 0.2) is 40.3 Å². The molecule has 9 nitrogen and oxygen atoms in total. The molecule has 1 aromatic carbocycles. The molecule has 3 aromatic rings. The minimum atomic E-state index is -3.69. The Morgan fingerprint density at radius 3 is 2.84 bits per heavy atom. The predicted molar refractivity (Wildman–Crippen MR) is 89.6 cm³/mol. The number of morpholine rings is 1. The second-order valence-corrected chi connectivity index (χ2v) is 7.89. The summed E-state index contributed by atoms with van der Waals surface area (Å²) < 4.78 is 34.7. The van der Waals surface area contributed by atoms with Crippen LogP contribution in [0, 0.1) is 0 Å². The summed E-state index contributed by atoms with van der Waals surface area (Å²) in [6.07, 6.45) is 3.14. The molecule has 1 atom stereocenters. The van der Waals surface area contributed by atoms with E-state index in [9.17, 15) is 13.2 Å². The second kappa shape index (κ2) is 5.83. The summed E-state index contributed by atoms with van der Waals surface area (Å²) in [5, 5.41) is 4.11. The van der Waals surface area contributed by atoms with E-state index in [0.29, 0.717) is 17.6 Å². The van der Waals surface area contributed by atoms with Crippen molar-refractivity contribution < 1.29 is 13.2 Å². The number of benzene rings is 1. The van der Waals surface area contributed by atoms with Gasteiger partial charge in [-0.05, 0) is 18.2 Å². The number of ether oxygens (including phenoxy) is 1. The van der Waals surface area contributed by atoms with Crippen LogP contribution < -0.4 is 5.69 Å². The van der Waals surface area contributed by atoms with E-state index in [1.54, 1.807) is 24.0 Å². The van der Waals surface area contributed by atoms with Crippen molar-refractivity contribution in [1.82, 2.24) is 24.1 Å². The molecule has 1 aliphatic heterocycles. The summed E-state index contributed by atoms with van der Waals surface area (Å²) in [5.41, 5.74) is 1.50. The zero-order valence-electron chi connectivity index (χ0n) is 13.5. The van der Waals surface area contributed by atoms with Gasteiger partial charge in [0.05, 0.1) is 34.8 Å². The van der Waals surface area contributed by atoms with Gasteiger partial charge in [0.2, 0.25) is 10.0 Å². The Kier molecular flexibility index (Phi) is 3.74. The third kappa shape index (κ3) is 2.88. The van der Waals surface area contributed by atoms with Crippen molar-refractivity contribution in [1.29, 1.82) is 0 Å². The van der Waals surface area contributed by atoms with Gasteiger partial charge in [0, 0.05) is 31.9 Å². The lowest BCUT2D eigenvalue weighted by molar-refractivity contribution is -0.00259. The van der Waals surface area contributed by atoms with E-state index in [-0.39, 0.29) is 29.8 Å². The topological polar surface area (TPSA) is 113 Å². The van der Waals surface area contributed by atoms with Crippen molar-refractivity contribution in [2.24, 2.45) is 7.05 Å². The normalized spacial score (nSPS) is 19.5. The molecule has 1 saturated heterocycles. The monoisotopic (exact) mass is 363 g/mol. The molecule has 2 N–H and O–H groups in total. The van der Waals surface area contributed by atoms with Crippen LogP contribution in [-0.2, 0) is 21.8 Å². The fraction of sp³-hybridized carbons (Fsp3) is 0.333. The van der Waals surface area contributed by atoms with E-state index in [1.165, 1.54) is 16.4 Å². The number of imidazole rings is 1. The van der Waals surface area contributed by atoms with Gasteiger partial charge < -0.3 is 14.7 Å². The first kappa shape index (κ1) is 16.1. The van der Waals surface area contributed by atoms with Crippen molar-refractivity contribution in [2.45, 2.75) is 11.0 Å². The minimum Gasteiger partial charge on any atom is -0.371 e. The molecular weight excluding hydrogens is 346 g/mol. The van der Waals surface area contributed by atoms with Crippen molar-refractivity contribution in [3.8, 4) is 0 Å². The maximum absolute atomic E-state index is 13.0. The van der Waals surface area contributed by atoms with Crippen LogP contribution in [0.5, 0.6) is 0 Å². The average Bonchev–Trinajstić information content (AvgIpc) is 3.18. The summed E-state index contributed by atoms with van der Waals surface area (Å²) in [4.78, 5) is 16.7. The molecule has 0 spiro atoms. The molecule has 2 aromatic heterocycles. The van der Waals surface area contributed by atoms with E-state index in [4.69, 9.17) is 4.74 Å². The molecule has 0 amide bonds. The lowest BCUT2D eigenvalue weighted by atomic mass is 10.2. The number of nitrogens with one attached hydrogen (secondary N) is 2. The largest absolute Gasteiger partial charge is 0.371 e. The molecule has 1 fully saturated rings. The van der Waals surface area contributed by atoms with E-state index in [2.05, 4.69) is 15.1 Å². The van der Waals surface area contributed by atoms with Crippen molar-refractivity contribution in [3.05, 3.63) is 46.6 Å². The van der Waals surface area contributed by atoms with E-state index in [1.807, 2.05) is 6.20 Å².